The minimum atomic E-state index is -0.316. The minimum absolute atomic E-state index is 0.0665. The summed E-state index contributed by atoms with van der Waals surface area (Å²) in [5.74, 6) is 0.0665. The van der Waals surface area contributed by atoms with Crippen molar-refractivity contribution in [2.75, 3.05) is 33.4 Å². The molecule has 0 aromatic carbocycles. The highest BCUT2D eigenvalue weighted by atomic mass is 16.5. The molecule has 1 aliphatic heterocycles. The molecule has 0 spiro atoms. The third-order valence-corrected chi connectivity index (χ3v) is 2.97. The first-order valence-corrected chi connectivity index (χ1v) is 5.82. The van der Waals surface area contributed by atoms with E-state index >= 15 is 0 Å². The maximum Gasteiger partial charge on any atom is 0.220 e. The number of hydrogen-bond acceptors (Lipinski definition) is 4. The van der Waals surface area contributed by atoms with Crippen molar-refractivity contribution in [3.8, 4) is 0 Å². The van der Waals surface area contributed by atoms with E-state index in [9.17, 15) is 4.79 Å². The lowest BCUT2D eigenvalue weighted by Gasteiger charge is -2.25. The molecule has 3 N–H and O–H groups in total. The molecule has 1 unspecified atom stereocenters. The van der Waals surface area contributed by atoms with E-state index in [0.717, 1.165) is 19.3 Å². The van der Waals surface area contributed by atoms with Crippen LogP contribution in [0.5, 0.6) is 0 Å². The standard InChI is InChI=1S/C11H22N2O3/c1-15-11(5-7-16-9-11)8-13-10(14)4-2-3-6-12/h2-9,12H2,1H3,(H,13,14). The fraction of sp³-hybridized carbons (Fsp3) is 0.909. The van der Waals surface area contributed by atoms with Gasteiger partial charge in [-0.2, -0.15) is 0 Å². The van der Waals surface area contributed by atoms with Crippen LogP contribution in [-0.2, 0) is 14.3 Å². The Morgan fingerprint density at radius 3 is 2.94 bits per heavy atom. The number of rotatable bonds is 7. The van der Waals surface area contributed by atoms with E-state index in [2.05, 4.69) is 5.32 Å². The monoisotopic (exact) mass is 230 g/mol. The highest BCUT2D eigenvalue weighted by Gasteiger charge is 2.35. The maximum atomic E-state index is 11.5. The number of hydrogen-bond donors (Lipinski definition) is 2. The highest BCUT2D eigenvalue weighted by Crippen LogP contribution is 2.21. The van der Waals surface area contributed by atoms with E-state index in [1.165, 1.54) is 0 Å². The molecule has 5 heteroatoms. The molecule has 94 valence electrons. The third kappa shape index (κ3) is 4.08. The first-order chi connectivity index (χ1) is 7.72. The number of carbonyl (C=O) groups is 1. The van der Waals surface area contributed by atoms with Gasteiger partial charge in [0.25, 0.3) is 0 Å². The molecule has 0 saturated carbocycles. The molecule has 5 nitrogen and oxygen atoms in total. The zero-order chi connectivity index (χ0) is 11.9. The number of amides is 1. The van der Waals surface area contributed by atoms with E-state index < -0.39 is 0 Å². The summed E-state index contributed by atoms with van der Waals surface area (Å²) in [6, 6.07) is 0. The van der Waals surface area contributed by atoms with Gasteiger partial charge in [0.1, 0.15) is 5.60 Å². The smallest absolute Gasteiger partial charge is 0.220 e. The molecular formula is C11H22N2O3. The first kappa shape index (κ1) is 13.4. The number of nitrogens with two attached hydrogens (primary N) is 1. The Hall–Kier alpha value is -0.650. The average Bonchev–Trinajstić information content (AvgIpc) is 2.76. The van der Waals surface area contributed by atoms with Gasteiger partial charge in [-0.15, -0.1) is 0 Å². The predicted octanol–water partition coefficient (Wildman–Crippen LogP) is 0.0371. The van der Waals surface area contributed by atoms with Gasteiger partial charge in [-0.25, -0.2) is 0 Å². The van der Waals surface area contributed by atoms with Gasteiger partial charge in [0, 0.05) is 33.1 Å². The van der Waals surface area contributed by atoms with Crippen molar-refractivity contribution in [2.45, 2.75) is 31.3 Å². The molecule has 0 radical (unpaired) electrons. The summed E-state index contributed by atoms with van der Waals surface area (Å²) in [6.07, 6.45) is 3.12. The number of ether oxygens (including phenoxy) is 2. The number of unbranched alkanes of at least 4 members (excludes halogenated alkanes) is 1. The van der Waals surface area contributed by atoms with Crippen molar-refractivity contribution in [3.63, 3.8) is 0 Å². The Morgan fingerprint density at radius 2 is 2.38 bits per heavy atom. The fourth-order valence-corrected chi connectivity index (χ4v) is 1.74. The van der Waals surface area contributed by atoms with E-state index in [1.54, 1.807) is 7.11 Å². The van der Waals surface area contributed by atoms with Crippen LogP contribution in [0, 0.1) is 0 Å². The van der Waals surface area contributed by atoms with Crippen LogP contribution in [0.15, 0.2) is 0 Å². The van der Waals surface area contributed by atoms with Crippen molar-refractivity contribution in [2.24, 2.45) is 5.73 Å². The van der Waals surface area contributed by atoms with E-state index in [4.69, 9.17) is 15.2 Å². The second kappa shape index (κ2) is 6.83. The van der Waals surface area contributed by atoms with Gasteiger partial charge in [-0.1, -0.05) is 0 Å². The van der Waals surface area contributed by atoms with Gasteiger partial charge in [-0.05, 0) is 19.4 Å². The molecule has 1 saturated heterocycles. The molecule has 1 fully saturated rings. The van der Waals surface area contributed by atoms with Gasteiger partial charge in [0.05, 0.1) is 6.61 Å². The highest BCUT2D eigenvalue weighted by molar-refractivity contribution is 5.75. The molecule has 0 bridgehead atoms. The summed E-state index contributed by atoms with van der Waals surface area (Å²) in [5, 5.41) is 2.89. The summed E-state index contributed by atoms with van der Waals surface area (Å²) >= 11 is 0. The summed E-state index contributed by atoms with van der Waals surface area (Å²) in [4.78, 5) is 11.5. The normalized spacial score (nSPS) is 24.6. The van der Waals surface area contributed by atoms with Gasteiger partial charge in [0.15, 0.2) is 0 Å². The second-order valence-corrected chi connectivity index (χ2v) is 4.21. The molecule has 0 aliphatic carbocycles. The third-order valence-electron chi connectivity index (χ3n) is 2.97. The maximum absolute atomic E-state index is 11.5. The van der Waals surface area contributed by atoms with Crippen LogP contribution >= 0.6 is 0 Å². The molecule has 0 aromatic rings. The average molecular weight is 230 g/mol. The molecule has 16 heavy (non-hydrogen) atoms. The van der Waals surface area contributed by atoms with Crippen molar-refractivity contribution in [1.82, 2.24) is 5.32 Å². The molecular weight excluding hydrogens is 208 g/mol. The fourth-order valence-electron chi connectivity index (χ4n) is 1.74. The van der Waals surface area contributed by atoms with E-state index in [-0.39, 0.29) is 11.5 Å². The quantitative estimate of drug-likeness (QED) is 0.605. The first-order valence-electron chi connectivity index (χ1n) is 5.82. The Kier molecular flexibility index (Phi) is 5.73. The molecule has 1 rings (SSSR count). The van der Waals surface area contributed by atoms with Gasteiger partial charge in [0.2, 0.25) is 5.91 Å². The van der Waals surface area contributed by atoms with E-state index in [1.807, 2.05) is 0 Å². The topological polar surface area (TPSA) is 73.6 Å². The van der Waals surface area contributed by atoms with E-state index in [0.29, 0.717) is 32.7 Å². The summed E-state index contributed by atoms with van der Waals surface area (Å²) in [7, 11) is 1.66. The van der Waals surface area contributed by atoms with Crippen LogP contribution in [0.25, 0.3) is 0 Å². The molecule has 1 atom stereocenters. The van der Waals surface area contributed by atoms with Crippen molar-refractivity contribution >= 4 is 5.91 Å². The second-order valence-electron chi connectivity index (χ2n) is 4.21. The lowest BCUT2D eigenvalue weighted by Crippen LogP contribution is -2.44. The van der Waals surface area contributed by atoms with Crippen LogP contribution in [0.1, 0.15) is 25.7 Å². The minimum Gasteiger partial charge on any atom is -0.378 e. The molecule has 1 aliphatic rings. The zero-order valence-corrected chi connectivity index (χ0v) is 9.96. The number of carbonyl (C=O) groups excluding carboxylic acids is 1. The van der Waals surface area contributed by atoms with Crippen molar-refractivity contribution in [3.05, 3.63) is 0 Å². The largest absolute Gasteiger partial charge is 0.378 e. The van der Waals surface area contributed by atoms with Crippen molar-refractivity contribution in [1.29, 1.82) is 0 Å². The summed E-state index contributed by atoms with van der Waals surface area (Å²) in [6.45, 7) is 2.44. The molecule has 1 amide bonds. The van der Waals surface area contributed by atoms with Gasteiger partial charge < -0.3 is 20.5 Å². The zero-order valence-electron chi connectivity index (χ0n) is 9.96. The number of methoxy groups -OCH3 is 1. The van der Waals surface area contributed by atoms with Gasteiger partial charge >= 0.3 is 0 Å². The summed E-state index contributed by atoms with van der Waals surface area (Å²) in [5.41, 5.74) is 5.05. The lowest BCUT2D eigenvalue weighted by molar-refractivity contribution is -0.122. The van der Waals surface area contributed by atoms with Gasteiger partial charge in [-0.3, -0.25) is 4.79 Å². The molecule has 0 aromatic heterocycles. The number of nitrogens with one attached hydrogen (secondary N) is 1. The Morgan fingerprint density at radius 1 is 1.56 bits per heavy atom. The molecule has 1 heterocycles. The Labute approximate surface area is 96.7 Å². The Bertz CT molecular complexity index is 215. The Balaban J connectivity index is 2.19. The van der Waals surface area contributed by atoms with Crippen LogP contribution in [0.2, 0.25) is 0 Å². The summed E-state index contributed by atoms with van der Waals surface area (Å²) < 4.78 is 10.7. The van der Waals surface area contributed by atoms with Crippen LogP contribution in [0.3, 0.4) is 0 Å². The van der Waals surface area contributed by atoms with Crippen LogP contribution in [0.4, 0.5) is 0 Å². The lowest BCUT2D eigenvalue weighted by atomic mass is 10.0. The van der Waals surface area contributed by atoms with Crippen LogP contribution < -0.4 is 11.1 Å². The SMILES string of the molecule is COC1(CNC(=O)CCCCN)CCOC1. The predicted molar refractivity (Wildman–Crippen MR) is 61.1 cm³/mol. The van der Waals surface area contributed by atoms with Crippen molar-refractivity contribution < 1.29 is 14.3 Å². The van der Waals surface area contributed by atoms with Crippen LogP contribution in [-0.4, -0.2) is 44.9 Å².